The van der Waals surface area contributed by atoms with Crippen LogP contribution >= 0.6 is 23.1 Å². The van der Waals surface area contributed by atoms with E-state index < -0.39 is 0 Å². The molecule has 74 valence electrons. The highest BCUT2D eigenvalue weighted by Gasteiger charge is 2.05. The lowest BCUT2D eigenvalue weighted by Gasteiger charge is -1.97. The van der Waals surface area contributed by atoms with Crippen molar-refractivity contribution in [2.24, 2.45) is 0 Å². The number of hydrogen-bond donors (Lipinski definition) is 2. The molecule has 1 rings (SSSR count). The van der Waals surface area contributed by atoms with Gasteiger partial charge in [-0.2, -0.15) is 0 Å². The second-order valence-corrected chi connectivity index (χ2v) is 4.41. The molecule has 0 aliphatic heterocycles. The van der Waals surface area contributed by atoms with Crippen LogP contribution in [0.15, 0.2) is 4.34 Å². The zero-order chi connectivity index (χ0) is 10.4. The number of hydrogen-bond acceptors (Lipinski definition) is 6. The molecule has 0 spiro atoms. The Morgan fingerprint density at radius 2 is 2.50 bits per heavy atom. The third-order valence-electron chi connectivity index (χ3n) is 1.14. The quantitative estimate of drug-likeness (QED) is 0.558. The minimum atomic E-state index is -0.123. The number of aromatic nitrogens is 2. The van der Waals surface area contributed by atoms with Crippen molar-refractivity contribution in [1.82, 2.24) is 15.5 Å². The number of nitrogens with zero attached hydrogens (tertiary/aromatic N) is 2. The van der Waals surface area contributed by atoms with Gasteiger partial charge in [0.25, 0.3) is 0 Å². The standard InChI is InChI=1S/C7H8N4OS2/c1-2-3-9-5(12)4-13-7-11-10-6(8)14-7/h1H,3-4H2,(H2,8,10)(H,9,12). The van der Waals surface area contributed by atoms with Gasteiger partial charge in [0.1, 0.15) is 0 Å². The van der Waals surface area contributed by atoms with Gasteiger partial charge in [-0.15, -0.1) is 16.6 Å². The van der Waals surface area contributed by atoms with E-state index in [1.165, 1.54) is 23.1 Å². The van der Waals surface area contributed by atoms with Crippen molar-refractivity contribution in [3.05, 3.63) is 0 Å². The summed E-state index contributed by atoms with van der Waals surface area (Å²) in [5.41, 5.74) is 5.37. The molecule has 1 heterocycles. The fourth-order valence-corrected chi connectivity index (χ4v) is 2.07. The van der Waals surface area contributed by atoms with Crippen molar-refractivity contribution in [2.75, 3.05) is 18.0 Å². The Labute approximate surface area is 89.5 Å². The topological polar surface area (TPSA) is 80.9 Å². The minimum absolute atomic E-state index is 0.123. The lowest BCUT2D eigenvalue weighted by Crippen LogP contribution is -2.25. The van der Waals surface area contributed by atoms with Gasteiger partial charge in [0.05, 0.1) is 12.3 Å². The molecule has 0 atom stereocenters. The molecular weight excluding hydrogens is 220 g/mol. The Kier molecular flexibility index (Phi) is 4.22. The lowest BCUT2D eigenvalue weighted by atomic mass is 10.6. The number of rotatable bonds is 4. The van der Waals surface area contributed by atoms with Gasteiger partial charge in [-0.05, 0) is 0 Å². The predicted molar refractivity (Wildman–Crippen MR) is 56.9 cm³/mol. The largest absolute Gasteiger partial charge is 0.374 e. The summed E-state index contributed by atoms with van der Waals surface area (Å²) in [4.78, 5) is 11.1. The summed E-state index contributed by atoms with van der Waals surface area (Å²) in [7, 11) is 0. The zero-order valence-electron chi connectivity index (χ0n) is 7.19. The molecule has 1 aromatic heterocycles. The molecule has 0 fully saturated rings. The Bertz CT molecular complexity index is 357. The molecule has 1 amide bonds. The Morgan fingerprint density at radius 1 is 1.71 bits per heavy atom. The first-order chi connectivity index (χ1) is 6.72. The molecule has 1 aromatic rings. The number of terminal acetylenes is 1. The van der Waals surface area contributed by atoms with Crippen molar-refractivity contribution in [1.29, 1.82) is 0 Å². The summed E-state index contributed by atoms with van der Waals surface area (Å²) >= 11 is 2.54. The van der Waals surface area contributed by atoms with Crippen LogP contribution in [0, 0.1) is 12.3 Å². The van der Waals surface area contributed by atoms with Gasteiger partial charge in [0, 0.05) is 0 Å². The molecule has 0 radical (unpaired) electrons. The van der Waals surface area contributed by atoms with Crippen LogP contribution in [-0.2, 0) is 4.79 Å². The summed E-state index contributed by atoms with van der Waals surface area (Å²) < 4.78 is 0.679. The number of nitrogens with one attached hydrogen (secondary N) is 1. The van der Waals surface area contributed by atoms with Crippen LogP contribution in [0.1, 0.15) is 0 Å². The SMILES string of the molecule is C#CCNC(=O)CSc1nnc(N)s1. The van der Waals surface area contributed by atoms with E-state index in [0.717, 1.165) is 0 Å². The first-order valence-corrected chi connectivity index (χ1v) is 5.44. The molecular formula is C7H8N4OS2. The number of thioether (sulfide) groups is 1. The monoisotopic (exact) mass is 228 g/mol. The van der Waals surface area contributed by atoms with Gasteiger partial charge in [-0.25, -0.2) is 0 Å². The first-order valence-electron chi connectivity index (χ1n) is 3.64. The molecule has 5 nitrogen and oxygen atoms in total. The van der Waals surface area contributed by atoms with Gasteiger partial charge in [-0.3, -0.25) is 4.79 Å². The number of carbonyl (C=O) groups excluding carboxylic acids is 1. The van der Waals surface area contributed by atoms with Crippen molar-refractivity contribution in [3.8, 4) is 12.3 Å². The van der Waals surface area contributed by atoms with Crippen molar-refractivity contribution in [3.63, 3.8) is 0 Å². The van der Waals surface area contributed by atoms with Crippen molar-refractivity contribution in [2.45, 2.75) is 4.34 Å². The van der Waals surface area contributed by atoms with Gasteiger partial charge in [-0.1, -0.05) is 29.0 Å². The number of anilines is 1. The summed E-state index contributed by atoms with van der Waals surface area (Å²) in [6, 6.07) is 0. The molecule has 3 N–H and O–H groups in total. The van der Waals surface area contributed by atoms with Crippen molar-refractivity contribution < 1.29 is 4.79 Å². The molecule has 0 unspecified atom stereocenters. The molecule has 0 saturated heterocycles. The molecule has 14 heavy (non-hydrogen) atoms. The predicted octanol–water partition coefficient (Wildman–Crippen LogP) is -0.0382. The zero-order valence-corrected chi connectivity index (χ0v) is 8.82. The van der Waals surface area contributed by atoms with E-state index in [1.54, 1.807) is 0 Å². The van der Waals surface area contributed by atoms with Gasteiger partial charge >= 0.3 is 0 Å². The van der Waals surface area contributed by atoms with Crippen LogP contribution in [-0.4, -0.2) is 28.4 Å². The normalized spacial score (nSPS) is 9.36. The smallest absolute Gasteiger partial charge is 0.231 e. The van der Waals surface area contributed by atoms with Crippen LogP contribution in [0.5, 0.6) is 0 Å². The highest BCUT2D eigenvalue weighted by Crippen LogP contribution is 2.22. The van der Waals surface area contributed by atoms with Crippen LogP contribution in [0.2, 0.25) is 0 Å². The third-order valence-corrected chi connectivity index (χ3v) is 3.02. The fourth-order valence-electron chi connectivity index (χ4n) is 0.607. The van der Waals surface area contributed by atoms with Gasteiger partial charge in [0.2, 0.25) is 11.0 Å². The van der Waals surface area contributed by atoms with Gasteiger partial charge < -0.3 is 11.1 Å². The van der Waals surface area contributed by atoms with Crippen LogP contribution in [0.3, 0.4) is 0 Å². The fraction of sp³-hybridized carbons (Fsp3) is 0.286. The summed E-state index contributed by atoms with van der Waals surface area (Å²) in [6.07, 6.45) is 4.98. The van der Waals surface area contributed by atoms with Crippen molar-refractivity contribution >= 4 is 34.1 Å². The van der Waals surface area contributed by atoms with E-state index in [0.29, 0.717) is 9.47 Å². The molecule has 0 aromatic carbocycles. The van der Waals surface area contributed by atoms with E-state index in [1.807, 2.05) is 0 Å². The van der Waals surface area contributed by atoms with E-state index in [2.05, 4.69) is 21.4 Å². The van der Waals surface area contributed by atoms with Crippen LogP contribution in [0.4, 0.5) is 5.13 Å². The third kappa shape index (κ3) is 3.64. The van der Waals surface area contributed by atoms with E-state index in [4.69, 9.17) is 12.2 Å². The Balaban J connectivity index is 2.27. The molecule has 0 aliphatic carbocycles. The highest BCUT2D eigenvalue weighted by atomic mass is 32.2. The maximum absolute atomic E-state index is 11.1. The number of carbonyl (C=O) groups is 1. The summed E-state index contributed by atoms with van der Waals surface area (Å²) in [5.74, 6) is 2.47. The van der Waals surface area contributed by atoms with Crippen LogP contribution in [0.25, 0.3) is 0 Å². The van der Waals surface area contributed by atoms with Gasteiger partial charge in [0.15, 0.2) is 4.34 Å². The molecule has 0 saturated carbocycles. The average Bonchev–Trinajstić information content (AvgIpc) is 2.58. The van der Waals surface area contributed by atoms with E-state index in [-0.39, 0.29) is 18.2 Å². The average molecular weight is 228 g/mol. The second-order valence-electron chi connectivity index (χ2n) is 2.18. The number of amides is 1. The Morgan fingerprint density at radius 3 is 3.07 bits per heavy atom. The summed E-state index contributed by atoms with van der Waals surface area (Å²) in [6.45, 7) is 0.248. The molecule has 0 aliphatic rings. The first kappa shape index (κ1) is 10.8. The Hall–Kier alpha value is -1.26. The molecule has 0 bridgehead atoms. The lowest BCUT2D eigenvalue weighted by molar-refractivity contribution is -0.118. The number of nitrogen functional groups attached to an aromatic ring is 1. The summed E-state index contributed by atoms with van der Waals surface area (Å²) in [5, 5.41) is 10.3. The molecule has 7 heteroatoms. The van der Waals surface area contributed by atoms with E-state index >= 15 is 0 Å². The minimum Gasteiger partial charge on any atom is -0.374 e. The van der Waals surface area contributed by atoms with Crippen LogP contribution < -0.4 is 11.1 Å². The maximum atomic E-state index is 11.1. The second kappa shape index (κ2) is 5.47. The highest BCUT2D eigenvalue weighted by molar-refractivity contribution is 8.01. The maximum Gasteiger partial charge on any atom is 0.231 e. The number of nitrogens with two attached hydrogens (primary N) is 1. The van der Waals surface area contributed by atoms with E-state index in [9.17, 15) is 4.79 Å².